The van der Waals surface area contributed by atoms with E-state index in [0.29, 0.717) is 5.56 Å². The molecule has 0 fully saturated rings. The van der Waals surface area contributed by atoms with E-state index in [1.54, 1.807) is 24.3 Å². The first kappa shape index (κ1) is 13.5. The van der Waals surface area contributed by atoms with Gasteiger partial charge < -0.3 is 5.11 Å². The van der Waals surface area contributed by atoms with Gasteiger partial charge in [0.05, 0.1) is 6.10 Å². The van der Waals surface area contributed by atoms with Gasteiger partial charge in [0.2, 0.25) is 0 Å². The van der Waals surface area contributed by atoms with Crippen LogP contribution in [0.15, 0.2) is 28.7 Å². The highest BCUT2D eigenvalue weighted by Gasteiger charge is 2.26. The van der Waals surface area contributed by atoms with E-state index < -0.39 is 18.7 Å². The number of halogens is 4. The third kappa shape index (κ3) is 4.53. The number of rotatable bonds is 4. The normalized spacial score (nSPS) is 13.8. The first-order chi connectivity index (χ1) is 7.40. The molecule has 1 unspecified atom stereocenters. The SMILES string of the molecule is OC(CCCC(F)(F)F)c1ccccc1Br. The van der Waals surface area contributed by atoms with E-state index in [9.17, 15) is 18.3 Å². The van der Waals surface area contributed by atoms with Gasteiger partial charge in [-0.15, -0.1) is 0 Å². The molecule has 0 aliphatic carbocycles. The highest BCUT2D eigenvalue weighted by atomic mass is 79.9. The molecule has 1 aromatic carbocycles. The number of aliphatic hydroxyl groups is 1. The summed E-state index contributed by atoms with van der Waals surface area (Å²) in [6.45, 7) is 0. The van der Waals surface area contributed by atoms with E-state index in [1.807, 2.05) is 0 Å². The van der Waals surface area contributed by atoms with Gasteiger partial charge in [0.15, 0.2) is 0 Å². The van der Waals surface area contributed by atoms with Crippen LogP contribution in [0.3, 0.4) is 0 Å². The van der Waals surface area contributed by atoms with Gasteiger partial charge in [-0.05, 0) is 24.5 Å². The van der Waals surface area contributed by atoms with Gasteiger partial charge in [0.1, 0.15) is 0 Å². The molecule has 0 heterocycles. The summed E-state index contributed by atoms with van der Waals surface area (Å²) < 4.78 is 36.4. The van der Waals surface area contributed by atoms with E-state index in [4.69, 9.17) is 0 Å². The third-order valence-corrected chi connectivity index (χ3v) is 2.92. The summed E-state index contributed by atoms with van der Waals surface area (Å²) in [5.41, 5.74) is 0.629. The van der Waals surface area contributed by atoms with Gasteiger partial charge in [0, 0.05) is 10.9 Å². The Morgan fingerprint density at radius 1 is 1.25 bits per heavy atom. The maximum absolute atomic E-state index is 11.9. The van der Waals surface area contributed by atoms with Crippen molar-refractivity contribution in [3.05, 3.63) is 34.3 Å². The molecule has 0 spiro atoms. The molecule has 0 aliphatic rings. The molecule has 5 heteroatoms. The van der Waals surface area contributed by atoms with Gasteiger partial charge >= 0.3 is 6.18 Å². The van der Waals surface area contributed by atoms with Crippen LogP contribution >= 0.6 is 15.9 Å². The quantitative estimate of drug-likeness (QED) is 0.882. The second-order valence-electron chi connectivity index (χ2n) is 3.54. The van der Waals surface area contributed by atoms with Crippen molar-refractivity contribution in [3.63, 3.8) is 0 Å². The predicted octanol–water partition coefficient (Wildman–Crippen LogP) is 4.22. The Morgan fingerprint density at radius 3 is 2.44 bits per heavy atom. The molecule has 0 aliphatic heterocycles. The molecule has 0 saturated carbocycles. The van der Waals surface area contributed by atoms with E-state index in [0.717, 1.165) is 4.47 Å². The fourth-order valence-electron chi connectivity index (χ4n) is 1.40. The molecular formula is C11H12BrF3O. The number of aliphatic hydroxyl groups excluding tert-OH is 1. The Bertz CT molecular complexity index is 338. The van der Waals surface area contributed by atoms with Crippen molar-refractivity contribution in [1.82, 2.24) is 0 Å². The zero-order valence-electron chi connectivity index (χ0n) is 8.47. The molecule has 0 bridgehead atoms. The lowest BCUT2D eigenvalue weighted by Crippen LogP contribution is -2.08. The predicted molar refractivity (Wildman–Crippen MR) is 59.0 cm³/mol. The average Bonchev–Trinajstić information content (AvgIpc) is 2.16. The zero-order chi connectivity index (χ0) is 12.2. The fraction of sp³-hybridized carbons (Fsp3) is 0.455. The average molecular weight is 297 g/mol. The zero-order valence-corrected chi connectivity index (χ0v) is 10.1. The van der Waals surface area contributed by atoms with Crippen molar-refractivity contribution in [2.75, 3.05) is 0 Å². The lowest BCUT2D eigenvalue weighted by Gasteiger charge is -2.13. The minimum atomic E-state index is -4.15. The lowest BCUT2D eigenvalue weighted by molar-refractivity contribution is -0.136. The number of hydrogen-bond donors (Lipinski definition) is 1. The van der Waals surface area contributed by atoms with Crippen LogP contribution in [0.2, 0.25) is 0 Å². The first-order valence-corrected chi connectivity index (χ1v) is 5.68. The first-order valence-electron chi connectivity index (χ1n) is 4.89. The summed E-state index contributed by atoms with van der Waals surface area (Å²) in [5.74, 6) is 0. The van der Waals surface area contributed by atoms with Gasteiger partial charge in [-0.25, -0.2) is 0 Å². The molecule has 0 radical (unpaired) electrons. The van der Waals surface area contributed by atoms with Crippen molar-refractivity contribution in [2.24, 2.45) is 0 Å². The van der Waals surface area contributed by atoms with Gasteiger partial charge in [-0.3, -0.25) is 0 Å². The molecule has 0 aromatic heterocycles. The van der Waals surface area contributed by atoms with E-state index in [1.165, 1.54) is 0 Å². The van der Waals surface area contributed by atoms with Crippen molar-refractivity contribution in [1.29, 1.82) is 0 Å². The van der Waals surface area contributed by atoms with Crippen LogP contribution in [-0.2, 0) is 0 Å². The topological polar surface area (TPSA) is 20.2 Å². The molecule has 1 atom stereocenters. The molecule has 1 aromatic rings. The second-order valence-corrected chi connectivity index (χ2v) is 4.40. The fourth-order valence-corrected chi connectivity index (χ4v) is 1.95. The standard InChI is InChI=1S/C11H12BrF3O/c12-9-5-2-1-4-8(9)10(16)6-3-7-11(13,14)15/h1-2,4-5,10,16H,3,6-7H2. The molecule has 0 saturated heterocycles. The van der Waals surface area contributed by atoms with Crippen LogP contribution in [0.25, 0.3) is 0 Å². The van der Waals surface area contributed by atoms with Gasteiger partial charge in [-0.1, -0.05) is 34.1 Å². The lowest BCUT2D eigenvalue weighted by atomic mass is 10.0. The third-order valence-electron chi connectivity index (χ3n) is 2.20. The van der Waals surface area contributed by atoms with Gasteiger partial charge in [0.25, 0.3) is 0 Å². The Hall–Kier alpha value is -0.550. The van der Waals surface area contributed by atoms with Crippen LogP contribution in [0, 0.1) is 0 Å². The van der Waals surface area contributed by atoms with E-state index >= 15 is 0 Å². The number of alkyl halides is 3. The number of hydrogen-bond acceptors (Lipinski definition) is 1. The van der Waals surface area contributed by atoms with Crippen LogP contribution in [0.4, 0.5) is 13.2 Å². The summed E-state index contributed by atoms with van der Waals surface area (Å²) in [7, 11) is 0. The van der Waals surface area contributed by atoms with Crippen molar-refractivity contribution in [2.45, 2.75) is 31.5 Å². The minimum absolute atomic E-state index is 0.0635. The molecule has 0 amide bonds. The Balaban J connectivity index is 2.47. The van der Waals surface area contributed by atoms with E-state index in [-0.39, 0.29) is 12.8 Å². The van der Waals surface area contributed by atoms with Crippen LogP contribution in [-0.4, -0.2) is 11.3 Å². The summed E-state index contributed by atoms with van der Waals surface area (Å²) >= 11 is 3.25. The molecule has 90 valence electrons. The molecule has 1 nitrogen and oxygen atoms in total. The van der Waals surface area contributed by atoms with Crippen LogP contribution in [0.1, 0.15) is 30.9 Å². The highest BCUT2D eigenvalue weighted by Crippen LogP contribution is 2.29. The van der Waals surface area contributed by atoms with Crippen molar-refractivity contribution in [3.8, 4) is 0 Å². The Kier molecular flexibility index (Phi) is 4.80. The molecule has 1 rings (SSSR count). The summed E-state index contributed by atoms with van der Waals surface area (Å²) in [4.78, 5) is 0. The maximum atomic E-state index is 11.9. The monoisotopic (exact) mass is 296 g/mol. The largest absolute Gasteiger partial charge is 0.389 e. The summed E-state index contributed by atoms with van der Waals surface area (Å²) in [6.07, 6.45) is -5.80. The van der Waals surface area contributed by atoms with Crippen LogP contribution < -0.4 is 0 Å². The highest BCUT2D eigenvalue weighted by molar-refractivity contribution is 9.10. The smallest absolute Gasteiger partial charge is 0.388 e. The molecule has 1 N–H and O–H groups in total. The van der Waals surface area contributed by atoms with Crippen LogP contribution in [0.5, 0.6) is 0 Å². The second kappa shape index (κ2) is 5.68. The van der Waals surface area contributed by atoms with E-state index in [2.05, 4.69) is 15.9 Å². The maximum Gasteiger partial charge on any atom is 0.389 e. The molecular weight excluding hydrogens is 285 g/mol. The summed E-state index contributed by atoms with van der Waals surface area (Å²) in [6, 6.07) is 6.98. The van der Waals surface area contributed by atoms with Gasteiger partial charge in [-0.2, -0.15) is 13.2 Å². The van der Waals surface area contributed by atoms with Crippen molar-refractivity contribution < 1.29 is 18.3 Å². The number of benzene rings is 1. The minimum Gasteiger partial charge on any atom is -0.388 e. The molecule has 16 heavy (non-hydrogen) atoms. The Labute approximate surface area is 100 Å². The Morgan fingerprint density at radius 2 is 1.88 bits per heavy atom. The summed E-state index contributed by atoms with van der Waals surface area (Å²) in [5, 5.41) is 9.70. The van der Waals surface area contributed by atoms with Crippen molar-refractivity contribution >= 4 is 15.9 Å².